The molecule has 0 bridgehead atoms. The van der Waals surface area contributed by atoms with Crippen molar-refractivity contribution in [3.05, 3.63) is 102 Å². The number of carbonyl (C=O) groups is 1. The molecule has 7 heteroatoms. The number of hydrogen-bond acceptors (Lipinski definition) is 6. The van der Waals surface area contributed by atoms with Gasteiger partial charge in [-0.25, -0.2) is 9.97 Å². The van der Waals surface area contributed by atoms with Crippen LogP contribution in [0.4, 0.5) is 11.5 Å². The minimum Gasteiger partial charge on any atom is -0.400 e. The van der Waals surface area contributed by atoms with Crippen LogP contribution in [0, 0.1) is 5.41 Å². The lowest BCUT2D eigenvalue weighted by atomic mass is 9.85. The number of benzene rings is 3. The predicted octanol–water partition coefficient (Wildman–Crippen LogP) is 5.66. The van der Waals surface area contributed by atoms with Gasteiger partial charge in [-0.15, -0.1) is 0 Å². The number of carbonyl (C=O) groups excluding carboxylic acids is 1. The maximum absolute atomic E-state index is 11.6. The number of aromatic nitrogens is 2. The van der Waals surface area contributed by atoms with E-state index < -0.39 is 9.04 Å². The molecule has 5 nitrogen and oxygen atoms in total. The van der Waals surface area contributed by atoms with Gasteiger partial charge in [0.15, 0.2) is 11.4 Å². The molecule has 0 saturated heterocycles. The third kappa shape index (κ3) is 6.29. The van der Waals surface area contributed by atoms with Gasteiger partial charge in [-0.1, -0.05) is 105 Å². The average Bonchev–Trinajstić information content (AvgIpc) is 2.89. The molecule has 0 aliphatic carbocycles. The Morgan fingerprint density at radius 3 is 2.14 bits per heavy atom. The fourth-order valence-electron chi connectivity index (χ4n) is 3.92. The topological polar surface area (TPSA) is 64.1 Å². The summed E-state index contributed by atoms with van der Waals surface area (Å²) < 4.78 is 7.05. The Bertz CT molecular complexity index is 1260. The van der Waals surface area contributed by atoms with E-state index in [1.807, 2.05) is 30.5 Å². The first kappa shape index (κ1) is 25.8. The van der Waals surface area contributed by atoms with Crippen LogP contribution in [0.15, 0.2) is 96.3 Å². The van der Waals surface area contributed by atoms with Crippen LogP contribution in [0.5, 0.6) is 0 Å². The maximum Gasteiger partial charge on any atom is 0.283 e. The van der Waals surface area contributed by atoms with E-state index in [4.69, 9.17) is 4.43 Å². The molecule has 1 unspecified atom stereocenters. The summed E-state index contributed by atoms with van der Waals surface area (Å²) >= 11 is 1.43. The molecular formula is C29H30N3O2SSi. The van der Waals surface area contributed by atoms with Crippen LogP contribution in [0.1, 0.15) is 42.8 Å². The van der Waals surface area contributed by atoms with Crippen LogP contribution < -0.4 is 15.7 Å². The quantitative estimate of drug-likeness (QED) is 0.135. The molecule has 1 radical (unpaired) electrons. The van der Waals surface area contributed by atoms with Crippen molar-refractivity contribution in [2.75, 3.05) is 11.6 Å². The van der Waals surface area contributed by atoms with Crippen LogP contribution in [-0.4, -0.2) is 31.6 Å². The zero-order chi connectivity index (χ0) is 25.5. The van der Waals surface area contributed by atoms with E-state index in [2.05, 4.69) is 96.7 Å². The molecule has 0 fully saturated rings. The molecule has 4 aromatic rings. The summed E-state index contributed by atoms with van der Waals surface area (Å²) in [4.78, 5) is 20.3. The van der Waals surface area contributed by atoms with Crippen LogP contribution in [0.2, 0.25) is 0 Å². The zero-order valence-electron chi connectivity index (χ0n) is 20.9. The number of thioether (sulfide) groups is 1. The highest BCUT2D eigenvalue weighted by molar-refractivity contribution is 7.98. The molecule has 4 rings (SSSR count). The molecule has 0 aliphatic rings. The first-order chi connectivity index (χ1) is 17.4. The SMILES string of the molecule is CSc1ncc(C=O)c(Nc2cccc(C(O[Si](c3ccccc3)c3ccccc3)C(C)(C)C)c2)n1. The summed E-state index contributed by atoms with van der Waals surface area (Å²) in [6.07, 6.45) is 4.06. The van der Waals surface area contributed by atoms with E-state index in [-0.39, 0.29) is 11.5 Å². The first-order valence-corrected chi connectivity index (χ1v) is 14.4. The number of nitrogens with one attached hydrogen (secondary N) is 1. The van der Waals surface area contributed by atoms with Gasteiger partial charge in [-0.05, 0) is 39.7 Å². The van der Waals surface area contributed by atoms with E-state index in [1.165, 1.54) is 22.1 Å². The number of nitrogens with zero attached hydrogens (tertiary/aromatic N) is 2. The summed E-state index contributed by atoms with van der Waals surface area (Å²) in [7, 11) is -1.51. The van der Waals surface area contributed by atoms with Gasteiger partial charge in [-0.3, -0.25) is 4.79 Å². The summed E-state index contributed by atoms with van der Waals surface area (Å²) in [5.41, 5.74) is 2.16. The highest BCUT2D eigenvalue weighted by Crippen LogP contribution is 2.37. The molecule has 1 atom stereocenters. The van der Waals surface area contributed by atoms with Gasteiger partial charge in [0.2, 0.25) is 0 Å². The van der Waals surface area contributed by atoms with Gasteiger partial charge < -0.3 is 9.74 Å². The monoisotopic (exact) mass is 512 g/mol. The standard InChI is InChI=1S/C29H30N3O2SSi/c1-29(2,3)26(34-36(24-14-7-5-8-15-24)25-16-9-6-10-17-25)21-12-11-13-23(18-21)31-27-22(20-33)19-30-28(32-27)35-4/h5-20,26H,1-4H3,(H,30,31,32). The molecule has 183 valence electrons. The second-order valence-corrected chi connectivity index (χ2v) is 12.3. The molecule has 1 aromatic heterocycles. The number of hydrogen-bond donors (Lipinski definition) is 1. The Hall–Kier alpha value is -3.26. The lowest BCUT2D eigenvalue weighted by molar-refractivity contribution is 0.0897. The second kappa shape index (κ2) is 11.6. The highest BCUT2D eigenvalue weighted by atomic mass is 32.2. The maximum atomic E-state index is 11.6. The number of anilines is 2. The molecule has 1 heterocycles. The van der Waals surface area contributed by atoms with E-state index in [0.717, 1.165) is 17.5 Å². The van der Waals surface area contributed by atoms with Crippen molar-refractivity contribution in [3.63, 3.8) is 0 Å². The summed E-state index contributed by atoms with van der Waals surface area (Å²) in [6, 6.07) is 29.1. The highest BCUT2D eigenvalue weighted by Gasteiger charge is 2.32. The van der Waals surface area contributed by atoms with Gasteiger partial charge >= 0.3 is 0 Å². The van der Waals surface area contributed by atoms with Gasteiger partial charge in [0.1, 0.15) is 5.82 Å². The van der Waals surface area contributed by atoms with Crippen molar-refractivity contribution >= 4 is 49.0 Å². The average molecular weight is 513 g/mol. The van der Waals surface area contributed by atoms with Crippen molar-refractivity contribution < 1.29 is 9.22 Å². The summed E-state index contributed by atoms with van der Waals surface area (Å²) in [5, 5.41) is 6.34. The third-order valence-electron chi connectivity index (χ3n) is 5.65. The van der Waals surface area contributed by atoms with Crippen molar-refractivity contribution in [2.45, 2.75) is 32.0 Å². The third-order valence-corrected chi connectivity index (χ3v) is 8.40. The molecular weight excluding hydrogens is 482 g/mol. The van der Waals surface area contributed by atoms with Gasteiger partial charge in [0, 0.05) is 11.9 Å². The van der Waals surface area contributed by atoms with Crippen molar-refractivity contribution in [1.82, 2.24) is 9.97 Å². The van der Waals surface area contributed by atoms with E-state index >= 15 is 0 Å². The first-order valence-electron chi connectivity index (χ1n) is 11.8. The van der Waals surface area contributed by atoms with Crippen molar-refractivity contribution in [1.29, 1.82) is 0 Å². The molecule has 0 aliphatic heterocycles. The van der Waals surface area contributed by atoms with Crippen LogP contribution in [0.25, 0.3) is 0 Å². The van der Waals surface area contributed by atoms with Crippen LogP contribution in [0.3, 0.4) is 0 Å². The van der Waals surface area contributed by atoms with Crippen molar-refractivity contribution in [3.8, 4) is 0 Å². The Balaban J connectivity index is 1.70. The Labute approximate surface area is 219 Å². The zero-order valence-corrected chi connectivity index (χ0v) is 22.8. The molecule has 3 aromatic carbocycles. The Morgan fingerprint density at radius 2 is 1.58 bits per heavy atom. The molecule has 0 amide bonds. The molecule has 0 spiro atoms. The lowest BCUT2D eigenvalue weighted by Gasteiger charge is -2.34. The Kier molecular flexibility index (Phi) is 8.35. The molecule has 36 heavy (non-hydrogen) atoms. The predicted molar refractivity (Wildman–Crippen MR) is 150 cm³/mol. The van der Waals surface area contributed by atoms with E-state index in [9.17, 15) is 4.79 Å². The minimum absolute atomic E-state index is 0.160. The minimum atomic E-state index is -1.51. The van der Waals surface area contributed by atoms with Crippen LogP contribution in [-0.2, 0) is 4.43 Å². The number of rotatable bonds is 9. The van der Waals surface area contributed by atoms with E-state index in [1.54, 1.807) is 6.20 Å². The summed E-state index contributed by atoms with van der Waals surface area (Å²) in [5.74, 6) is 0.494. The number of aldehydes is 1. The van der Waals surface area contributed by atoms with E-state index in [0.29, 0.717) is 16.5 Å². The fraction of sp³-hybridized carbons (Fsp3) is 0.207. The van der Waals surface area contributed by atoms with Gasteiger partial charge in [-0.2, -0.15) is 0 Å². The largest absolute Gasteiger partial charge is 0.400 e. The van der Waals surface area contributed by atoms with Crippen molar-refractivity contribution in [2.24, 2.45) is 5.41 Å². The smallest absolute Gasteiger partial charge is 0.283 e. The molecule has 0 saturated carbocycles. The van der Waals surface area contributed by atoms with Gasteiger partial charge in [0.25, 0.3) is 9.04 Å². The summed E-state index contributed by atoms with van der Waals surface area (Å²) in [6.45, 7) is 6.60. The van der Waals surface area contributed by atoms with Crippen LogP contribution >= 0.6 is 11.8 Å². The second-order valence-electron chi connectivity index (χ2n) is 9.45. The fourth-order valence-corrected chi connectivity index (χ4v) is 6.58. The lowest BCUT2D eigenvalue weighted by Crippen LogP contribution is -2.47. The molecule has 1 N–H and O–H groups in total. The normalized spacial score (nSPS) is 12.4. The van der Waals surface area contributed by atoms with Gasteiger partial charge in [0.05, 0.1) is 11.7 Å². The Morgan fingerprint density at radius 1 is 0.944 bits per heavy atom.